The summed E-state index contributed by atoms with van der Waals surface area (Å²) in [5, 5.41) is 19.6. The summed E-state index contributed by atoms with van der Waals surface area (Å²) in [5.74, 6) is 0.182. The summed E-state index contributed by atoms with van der Waals surface area (Å²) < 4.78 is 0. The molecule has 3 nitrogen and oxygen atoms in total. The van der Waals surface area contributed by atoms with Gasteiger partial charge in [0, 0.05) is 5.39 Å². The highest BCUT2D eigenvalue weighted by molar-refractivity contribution is 6.36. The van der Waals surface area contributed by atoms with E-state index in [4.69, 9.17) is 11.6 Å². The quantitative estimate of drug-likeness (QED) is 0.609. The Morgan fingerprint density at radius 1 is 1.33 bits per heavy atom. The third-order valence-corrected chi connectivity index (χ3v) is 2.82. The van der Waals surface area contributed by atoms with Gasteiger partial charge in [0.25, 0.3) is 0 Å². The van der Waals surface area contributed by atoms with Gasteiger partial charge in [-0.15, -0.1) is 0 Å². The molecule has 0 aliphatic carbocycles. The SMILES string of the molecule is Oc1c2cn[nH]c2cc2cccc(Cl)c12. The van der Waals surface area contributed by atoms with Crippen molar-refractivity contribution in [3.8, 4) is 5.75 Å². The monoisotopic (exact) mass is 218 g/mol. The number of nitrogens with one attached hydrogen (secondary N) is 1. The zero-order chi connectivity index (χ0) is 10.4. The molecule has 0 saturated heterocycles. The second-order valence-corrected chi connectivity index (χ2v) is 3.80. The lowest BCUT2D eigenvalue weighted by molar-refractivity contribution is 0.488. The van der Waals surface area contributed by atoms with Crippen molar-refractivity contribution >= 4 is 33.3 Å². The predicted molar refractivity (Wildman–Crippen MR) is 60.3 cm³/mol. The molecule has 0 aliphatic rings. The van der Waals surface area contributed by atoms with Crippen LogP contribution in [0.3, 0.4) is 0 Å². The fourth-order valence-corrected chi connectivity index (χ4v) is 2.07. The number of benzene rings is 2. The summed E-state index contributed by atoms with van der Waals surface area (Å²) in [6.45, 7) is 0. The Morgan fingerprint density at radius 3 is 3.07 bits per heavy atom. The lowest BCUT2D eigenvalue weighted by atomic mass is 10.1. The van der Waals surface area contributed by atoms with Crippen LogP contribution < -0.4 is 0 Å². The summed E-state index contributed by atoms with van der Waals surface area (Å²) >= 11 is 6.04. The molecule has 15 heavy (non-hydrogen) atoms. The number of aromatic hydroxyl groups is 1. The van der Waals surface area contributed by atoms with Crippen molar-refractivity contribution in [2.45, 2.75) is 0 Å². The average Bonchev–Trinajstić information content (AvgIpc) is 2.66. The fraction of sp³-hybridized carbons (Fsp3) is 0. The van der Waals surface area contributed by atoms with Crippen molar-refractivity contribution in [1.29, 1.82) is 0 Å². The van der Waals surface area contributed by atoms with Crippen molar-refractivity contribution < 1.29 is 5.11 Å². The van der Waals surface area contributed by atoms with Crippen LogP contribution in [-0.2, 0) is 0 Å². The number of aromatic nitrogens is 2. The molecule has 0 saturated carbocycles. The van der Waals surface area contributed by atoms with E-state index >= 15 is 0 Å². The number of phenolic OH excluding ortho intramolecular Hbond substituents is 1. The Balaban J connectivity index is 2.64. The first-order valence-electron chi connectivity index (χ1n) is 4.50. The Morgan fingerprint density at radius 2 is 2.20 bits per heavy atom. The Labute approximate surface area is 90.3 Å². The molecule has 0 radical (unpaired) electrons. The molecular formula is C11H7ClN2O. The highest BCUT2D eigenvalue weighted by Crippen LogP contribution is 2.36. The molecule has 4 heteroatoms. The van der Waals surface area contributed by atoms with E-state index in [1.165, 1.54) is 0 Å². The van der Waals surface area contributed by atoms with E-state index < -0.39 is 0 Å². The van der Waals surface area contributed by atoms with Gasteiger partial charge in [0.05, 0.1) is 22.1 Å². The molecule has 1 aromatic heterocycles. The number of rotatable bonds is 0. The molecule has 0 bridgehead atoms. The van der Waals surface area contributed by atoms with Crippen molar-refractivity contribution in [3.63, 3.8) is 0 Å². The van der Waals surface area contributed by atoms with Gasteiger partial charge < -0.3 is 5.11 Å². The smallest absolute Gasteiger partial charge is 0.135 e. The predicted octanol–water partition coefficient (Wildman–Crippen LogP) is 3.08. The molecule has 1 heterocycles. The van der Waals surface area contributed by atoms with E-state index in [1.54, 1.807) is 12.3 Å². The molecule has 0 fully saturated rings. The first kappa shape index (κ1) is 8.56. The number of nitrogens with zero attached hydrogens (tertiary/aromatic N) is 1. The Bertz CT molecular complexity index is 660. The van der Waals surface area contributed by atoms with Gasteiger partial charge in [-0.2, -0.15) is 5.10 Å². The maximum Gasteiger partial charge on any atom is 0.135 e. The van der Waals surface area contributed by atoms with Crippen LogP contribution in [-0.4, -0.2) is 15.3 Å². The van der Waals surface area contributed by atoms with Crippen molar-refractivity contribution in [1.82, 2.24) is 10.2 Å². The maximum atomic E-state index is 10.0. The van der Waals surface area contributed by atoms with Gasteiger partial charge in [-0.25, -0.2) is 0 Å². The van der Waals surface area contributed by atoms with Crippen molar-refractivity contribution in [2.75, 3.05) is 0 Å². The van der Waals surface area contributed by atoms with Gasteiger partial charge in [-0.1, -0.05) is 23.7 Å². The number of hydrogen-bond acceptors (Lipinski definition) is 2. The van der Waals surface area contributed by atoms with Crippen LogP contribution in [0.15, 0.2) is 30.5 Å². The van der Waals surface area contributed by atoms with E-state index in [0.29, 0.717) is 15.8 Å². The van der Waals surface area contributed by atoms with Crippen LogP contribution in [0.2, 0.25) is 5.02 Å². The van der Waals surface area contributed by atoms with Crippen LogP contribution in [0.4, 0.5) is 0 Å². The largest absolute Gasteiger partial charge is 0.506 e. The zero-order valence-electron chi connectivity index (χ0n) is 7.66. The molecule has 3 rings (SSSR count). The summed E-state index contributed by atoms with van der Waals surface area (Å²) in [7, 11) is 0. The van der Waals surface area contributed by atoms with Crippen LogP contribution in [0.5, 0.6) is 5.75 Å². The van der Waals surface area contributed by atoms with E-state index in [9.17, 15) is 5.11 Å². The van der Waals surface area contributed by atoms with E-state index in [1.807, 2.05) is 18.2 Å². The number of hydrogen-bond donors (Lipinski definition) is 2. The van der Waals surface area contributed by atoms with Crippen LogP contribution in [0.1, 0.15) is 0 Å². The lowest BCUT2D eigenvalue weighted by Crippen LogP contribution is -1.77. The summed E-state index contributed by atoms with van der Waals surface area (Å²) in [4.78, 5) is 0. The second kappa shape index (κ2) is 2.87. The van der Waals surface area contributed by atoms with E-state index in [-0.39, 0.29) is 5.75 Å². The first-order valence-corrected chi connectivity index (χ1v) is 4.88. The molecule has 2 N–H and O–H groups in total. The van der Waals surface area contributed by atoms with E-state index in [0.717, 1.165) is 10.9 Å². The molecule has 74 valence electrons. The van der Waals surface area contributed by atoms with E-state index in [2.05, 4.69) is 10.2 Å². The molecule has 0 atom stereocenters. The molecule has 3 aromatic rings. The zero-order valence-corrected chi connectivity index (χ0v) is 8.42. The number of fused-ring (bicyclic) bond motifs is 2. The molecule has 0 amide bonds. The minimum atomic E-state index is 0.182. The maximum absolute atomic E-state index is 10.0. The first-order chi connectivity index (χ1) is 7.27. The molecule has 2 aromatic carbocycles. The minimum absolute atomic E-state index is 0.182. The highest BCUT2D eigenvalue weighted by atomic mass is 35.5. The van der Waals surface area contributed by atoms with Crippen LogP contribution in [0, 0.1) is 0 Å². The topological polar surface area (TPSA) is 48.9 Å². The summed E-state index contributed by atoms with van der Waals surface area (Å²) in [6, 6.07) is 7.44. The Hall–Kier alpha value is -1.74. The third-order valence-electron chi connectivity index (χ3n) is 2.51. The number of halogens is 1. The summed E-state index contributed by atoms with van der Waals surface area (Å²) in [5.41, 5.74) is 0.808. The van der Waals surface area contributed by atoms with Gasteiger partial charge in [-0.05, 0) is 17.5 Å². The molecular weight excluding hydrogens is 212 g/mol. The average molecular weight is 219 g/mol. The summed E-state index contributed by atoms with van der Waals surface area (Å²) in [6.07, 6.45) is 1.59. The third kappa shape index (κ3) is 1.10. The van der Waals surface area contributed by atoms with Gasteiger partial charge >= 0.3 is 0 Å². The molecule has 0 unspecified atom stereocenters. The fourth-order valence-electron chi connectivity index (χ4n) is 1.80. The van der Waals surface area contributed by atoms with Gasteiger partial charge in [-0.3, -0.25) is 5.10 Å². The number of aromatic amines is 1. The second-order valence-electron chi connectivity index (χ2n) is 3.39. The Kier molecular flexibility index (Phi) is 1.64. The standard InChI is InChI=1S/C11H7ClN2O/c12-8-3-1-2-6-4-9-7(5-13-14-9)11(15)10(6)8/h1-5,15H,(H,13,14). The molecule has 0 spiro atoms. The van der Waals surface area contributed by atoms with Gasteiger partial charge in [0.2, 0.25) is 0 Å². The van der Waals surface area contributed by atoms with Gasteiger partial charge in [0.15, 0.2) is 0 Å². The van der Waals surface area contributed by atoms with Crippen molar-refractivity contribution in [3.05, 3.63) is 35.5 Å². The van der Waals surface area contributed by atoms with Crippen molar-refractivity contribution in [2.24, 2.45) is 0 Å². The number of phenols is 1. The lowest BCUT2D eigenvalue weighted by Gasteiger charge is -2.03. The van der Waals surface area contributed by atoms with Gasteiger partial charge in [0.1, 0.15) is 5.75 Å². The van der Waals surface area contributed by atoms with Crippen LogP contribution >= 0.6 is 11.6 Å². The number of H-pyrrole nitrogens is 1. The highest BCUT2D eigenvalue weighted by Gasteiger charge is 2.09. The minimum Gasteiger partial charge on any atom is -0.506 e. The molecule has 0 aliphatic heterocycles. The normalized spacial score (nSPS) is 11.3. The van der Waals surface area contributed by atoms with Crippen LogP contribution in [0.25, 0.3) is 21.7 Å².